The van der Waals surface area contributed by atoms with Crippen LogP contribution in [0.1, 0.15) is 58.8 Å². The summed E-state index contributed by atoms with van der Waals surface area (Å²) in [5, 5.41) is 0. The third-order valence-electron chi connectivity index (χ3n) is 3.91. The first kappa shape index (κ1) is 17.0. The zero-order valence-corrected chi connectivity index (χ0v) is 14.4. The van der Waals surface area contributed by atoms with E-state index in [9.17, 15) is 4.79 Å². The van der Waals surface area contributed by atoms with Gasteiger partial charge >= 0.3 is 13.1 Å². The molecule has 0 bridgehead atoms. The lowest BCUT2D eigenvalue weighted by Gasteiger charge is -2.32. The minimum Gasteiger partial charge on any atom is -0.456 e. The predicted molar refractivity (Wildman–Crippen MR) is 85.1 cm³/mol. The van der Waals surface area contributed by atoms with Crippen LogP contribution < -0.4 is 5.59 Å². The molecule has 2 rings (SSSR count). The van der Waals surface area contributed by atoms with Crippen LogP contribution in [-0.2, 0) is 14.0 Å². The van der Waals surface area contributed by atoms with E-state index in [0.717, 1.165) is 0 Å². The molecule has 1 aromatic heterocycles. The van der Waals surface area contributed by atoms with Gasteiger partial charge in [-0.3, -0.25) is 4.98 Å². The minimum absolute atomic E-state index is 0.382. The maximum atomic E-state index is 12.2. The number of carbonyl (C=O) groups is 1. The molecule has 0 spiro atoms. The molecule has 0 atom stereocenters. The lowest BCUT2D eigenvalue weighted by atomic mass is 9.83. The van der Waals surface area contributed by atoms with E-state index in [0.29, 0.717) is 11.2 Å². The van der Waals surface area contributed by atoms with Crippen LogP contribution in [0, 0.1) is 0 Å². The van der Waals surface area contributed by atoms with Crippen molar-refractivity contribution in [1.82, 2.24) is 4.98 Å². The Labute approximate surface area is 132 Å². The number of hydrogen-bond donors (Lipinski definition) is 0. The SMILES string of the molecule is CC(C)(C)OC(=O)c1ccnc(B2OC(C)(C)C(C)(C)O2)c1. The number of nitrogens with zero attached hydrogens (tertiary/aromatic N) is 1. The first-order valence-electron chi connectivity index (χ1n) is 7.46. The van der Waals surface area contributed by atoms with Crippen molar-refractivity contribution in [2.75, 3.05) is 0 Å². The molecule has 1 saturated heterocycles. The average Bonchev–Trinajstić information content (AvgIpc) is 2.57. The van der Waals surface area contributed by atoms with Gasteiger partial charge in [0, 0.05) is 6.20 Å². The van der Waals surface area contributed by atoms with Crippen LogP contribution in [0.25, 0.3) is 0 Å². The second kappa shape index (κ2) is 5.35. The van der Waals surface area contributed by atoms with Crippen molar-refractivity contribution in [2.24, 2.45) is 0 Å². The lowest BCUT2D eigenvalue weighted by molar-refractivity contribution is 0.00578. The van der Waals surface area contributed by atoms with Gasteiger partial charge in [0.15, 0.2) is 0 Å². The van der Waals surface area contributed by atoms with Gasteiger partial charge in [-0.1, -0.05) is 0 Å². The third kappa shape index (κ3) is 3.50. The topological polar surface area (TPSA) is 57.7 Å². The van der Waals surface area contributed by atoms with Crippen LogP contribution in [0.4, 0.5) is 0 Å². The highest BCUT2D eigenvalue weighted by atomic mass is 16.7. The summed E-state index contributed by atoms with van der Waals surface area (Å²) in [6, 6.07) is 3.29. The van der Waals surface area contributed by atoms with Crippen molar-refractivity contribution in [2.45, 2.75) is 65.3 Å². The van der Waals surface area contributed by atoms with Gasteiger partial charge < -0.3 is 14.0 Å². The van der Waals surface area contributed by atoms with Crippen molar-refractivity contribution < 1.29 is 18.8 Å². The molecular weight excluding hydrogens is 281 g/mol. The molecule has 6 heteroatoms. The summed E-state index contributed by atoms with van der Waals surface area (Å²) < 4.78 is 17.3. The van der Waals surface area contributed by atoms with E-state index in [-0.39, 0.29) is 5.97 Å². The highest BCUT2D eigenvalue weighted by Gasteiger charge is 2.52. The zero-order valence-electron chi connectivity index (χ0n) is 14.4. The molecule has 120 valence electrons. The monoisotopic (exact) mass is 305 g/mol. The maximum Gasteiger partial charge on any atom is 0.514 e. The number of aromatic nitrogens is 1. The number of rotatable bonds is 2. The fourth-order valence-electron chi connectivity index (χ4n) is 2.01. The van der Waals surface area contributed by atoms with Crippen molar-refractivity contribution in [3.8, 4) is 0 Å². The summed E-state index contributed by atoms with van der Waals surface area (Å²) in [7, 11) is -0.590. The normalized spacial score (nSPS) is 20.0. The molecule has 0 N–H and O–H groups in total. The molecule has 0 amide bonds. The Morgan fingerprint density at radius 3 is 2.23 bits per heavy atom. The Kier molecular flexibility index (Phi) is 4.13. The van der Waals surface area contributed by atoms with Gasteiger partial charge in [-0.2, -0.15) is 0 Å². The Morgan fingerprint density at radius 2 is 1.73 bits per heavy atom. The number of esters is 1. The number of carbonyl (C=O) groups excluding carboxylic acids is 1. The molecule has 0 radical (unpaired) electrons. The van der Waals surface area contributed by atoms with E-state index < -0.39 is 23.9 Å². The van der Waals surface area contributed by atoms with Gasteiger partial charge in [-0.05, 0) is 60.6 Å². The number of ether oxygens (including phenoxy) is 1. The second-order valence-corrected chi connectivity index (χ2v) is 7.56. The van der Waals surface area contributed by atoms with Gasteiger partial charge in [0.05, 0.1) is 22.4 Å². The van der Waals surface area contributed by atoms with Crippen LogP contribution in [-0.4, -0.2) is 34.9 Å². The Balaban J connectivity index is 2.22. The molecule has 1 aliphatic rings. The Hall–Kier alpha value is -1.40. The highest BCUT2D eigenvalue weighted by molar-refractivity contribution is 6.61. The first-order valence-corrected chi connectivity index (χ1v) is 7.46. The van der Waals surface area contributed by atoms with E-state index in [2.05, 4.69) is 4.98 Å². The zero-order chi connectivity index (χ0) is 16.8. The van der Waals surface area contributed by atoms with Crippen molar-refractivity contribution >= 4 is 18.7 Å². The predicted octanol–water partition coefficient (Wildman–Crippen LogP) is 2.34. The number of pyridine rings is 1. The van der Waals surface area contributed by atoms with Crippen molar-refractivity contribution in [3.63, 3.8) is 0 Å². The maximum absolute atomic E-state index is 12.2. The molecule has 2 heterocycles. The van der Waals surface area contributed by atoms with Crippen LogP contribution in [0.2, 0.25) is 0 Å². The molecule has 1 aliphatic heterocycles. The molecule has 0 unspecified atom stereocenters. The molecular formula is C16H24BNO4. The summed E-state index contributed by atoms with van der Waals surface area (Å²) in [6.45, 7) is 13.4. The highest BCUT2D eigenvalue weighted by Crippen LogP contribution is 2.36. The van der Waals surface area contributed by atoms with E-state index in [1.807, 2.05) is 48.5 Å². The molecule has 22 heavy (non-hydrogen) atoms. The van der Waals surface area contributed by atoms with Gasteiger partial charge in [-0.15, -0.1) is 0 Å². The second-order valence-electron chi connectivity index (χ2n) is 7.56. The Bertz CT molecular complexity index is 562. The first-order chi connectivity index (χ1) is 9.91. The summed E-state index contributed by atoms with van der Waals surface area (Å²) in [4.78, 5) is 16.4. The van der Waals surface area contributed by atoms with Crippen LogP contribution in [0.5, 0.6) is 0 Å². The molecule has 5 nitrogen and oxygen atoms in total. The number of hydrogen-bond acceptors (Lipinski definition) is 5. The van der Waals surface area contributed by atoms with E-state index in [1.165, 1.54) is 0 Å². The summed E-state index contributed by atoms with van der Waals surface area (Å²) in [5.41, 5.74) is -0.412. The van der Waals surface area contributed by atoms with Crippen molar-refractivity contribution in [3.05, 3.63) is 23.9 Å². The summed E-state index contributed by atoms with van der Waals surface area (Å²) in [5.74, 6) is -0.382. The Morgan fingerprint density at radius 1 is 1.18 bits per heavy atom. The standard InChI is InChI=1S/C16H24BNO4/c1-14(2,3)20-13(19)11-8-9-18-12(10-11)17-21-15(4,5)16(6,7)22-17/h8-10H,1-7H3. The van der Waals surface area contributed by atoms with Crippen LogP contribution >= 0.6 is 0 Å². The molecule has 1 fully saturated rings. The minimum atomic E-state index is -0.590. The van der Waals surface area contributed by atoms with E-state index in [4.69, 9.17) is 14.0 Å². The quantitative estimate of drug-likeness (QED) is 0.620. The largest absolute Gasteiger partial charge is 0.514 e. The van der Waals surface area contributed by atoms with Gasteiger partial charge in [-0.25, -0.2) is 4.79 Å². The van der Waals surface area contributed by atoms with Gasteiger partial charge in [0.25, 0.3) is 0 Å². The van der Waals surface area contributed by atoms with Crippen LogP contribution in [0.3, 0.4) is 0 Å². The van der Waals surface area contributed by atoms with Gasteiger partial charge in [0.1, 0.15) is 5.60 Å². The lowest BCUT2D eigenvalue weighted by Crippen LogP contribution is -2.41. The van der Waals surface area contributed by atoms with Crippen LogP contribution in [0.15, 0.2) is 18.3 Å². The summed E-state index contributed by atoms with van der Waals surface area (Å²) >= 11 is 0. The molecule has 0 aromatic carbocycles. The molecule has 0 saturated carbocycles. The average molecular weight is 305 g/mol. The fourth-order valence-corrected chi connectivity index (χ4v) is 2.01. The summed E-state index contributed by atoms with van der Waals surface area (Å²) in [6.07, 6.45) is 1.57. The fraction of sp³-hybridized carbons (Fsp3) is 0.625. The smallest absolute Gasteiger partial charge is 0.456 e. The van der Waals surface area contributed by atoms with E-state index >= 15 is 0 Å². The third-order valence-corrected chi connectivity index (χ3v) is 3.91. The molecule has 0 aliphatic carbocycles. The van der Waals surface area contributed by atoms with Gasteiger partial charge in [0.2, 0.25) is 0 Å². The van der Waals surface area contributed by atoms with E-state index in [1.54, 1.807) is 18.3 Å². The van der Waals surface area contributed by atoms with Crippen molar-refractivity contribution in [1.29, 1.82) is 0 Å². The molecule has 1 aromatic rings.